The molecular formula is C19H36N4OS. The molecule has 0 saturated carbocycles. The van der Waals surface area contributed by atoms with Gasteiger partial charge in [0.05, 0.1) is 25.3 Å². The Morgan fingerprint density at radius 1 is 1.20 bits per heavy atom. The molecule has 0 spiro atoms. The molecule has 3 aliphatic rings. The van der Waals surface area contributed by atoms with E-state index in [-0.39, 0.29) is 11.1 Å². The van der Waals surface area contributed by atoms with Gasteiger partial charge in [-0.2, -0.15) is 11.8 Å². The maximum Gasteiger partial charge on any atom is 0.194 e. The highest BCUT2D eigenvalue weighted by Gasteiger charge is 2.54. The average molecular weight is 369 g/mol. The Labute approximate surface area is 157 Å². The summed E-state index contributed by atoms with van der Waals surface area (Å²) in [6, 6.07) is 0. The predicted molar refractivity (Wildman–Crippen MR) is 108 cm³/mol. The highest BCUT2D eigenvalue weighted by atomic mass is 32.2. The summed E-state index contributed by atoms with van der Waals surface area (Å²) in [6.45, 7) is 18.3. The molecule has 0 aromatic rings. The van der Waals surface area contributed by atoms with Crippen LogP contribution in [0.2, 0.25) is 0 Å². The molecule has 0 radical (unpaired) electrons. The third-order valence-corrected chi connectivity index (χ3v) is 8.00. The lowest BCUT2D eigenvalue weighted by Gasteiger charge is -2.62. The van der Waals surface area contributed by atoms with Gasteiger partial charge in [-0.1, -0.05) is 13.8 Å². The molecule has 0 aromatic heterocycles. The molecule has 0 amide bonds. The Bertz CT molecular complexity index is 494. The number of nitrogens with one attached hydrogen (secondary N) is 1. The zero-order chi connectivity index (χ0) is 18.1. The zero-order valence-corrected chi connectivity index (χ0v) is 17.5. The molecule has 0 aromatic carbocycles. The van der Waals surface area contributed by atoms with Crippen molar-refractivity contribution in [1.29, 1.82) is 0 Å². The first-order valence-electron chi connectivity index (χ1n) is 9.79. The van der Waals surface area contributed by atoms with E-state index in [1.807, 2.05) is 0 Å². The Morgan fingerprint density at radius 2 is 1.92 bits per heavy atom. The van der Waals surface area contributed by atoms with E-state index in [4.69, 9.17) is 9.73 Å². The number of aliphatic imine (C=N–C) groups is 1. The Kier molecular flexibility index (Phi) is 5.62. The van der Waals surface area contributed by atoms with Gasteiger partial charge in [0.1, 0.15) is 0 Å². The van der Waals surface area contributed by atoms with Gasteiger partial charge in [0.25, 0.3) is 0 Å². The molecule has 25 heavy (non-hydrogen) atoms. The van der Waals surface area contributed by atoms with Crippen LogP contribution in [0.5, 0.6) is 0 Å². The van der Waals surface area contributed by atoms with E-state index in [1.165, 1.54) is 17.9 Å². The van der Waals surface area contributed by atoms with Gasteiger partial charge >= 0.3 is 0 Å². The predicted octanol–water partition coefficient (Wildman–Crippen LogP) is 2.28. The Morgan fingerprint density at radius 3 is 2.44 bits per heavy atom. The molecule has 0 aliphatic carbocycles. The first kappa shape index (κ1) is 19.3. The maximum atomic E-state index is 5.58. The smallest absolute Gasteiger partial charge is 0.194 e. The third kappa shape index (κ3) is 3.54. The minimum atomic E-state index is 0.143. The van der Waals surface area contributed by atoms with E-state index in [0.717, 1.165) is 51.9 Å². The van der Waals surface area contributed by atoms with Gasteiger partial charge in [-0.3, -0.25) is 9.89 Å². The van der Waals surface area contributed by atoms with E-state index in [1.54, 1.807) is 0 Å². The van der Waals surface area contributed by atoms with Gasteiger partial charge < -0.3 is 15.0 Å². The SMILES string of the molecule is CCNC(=NCC1(N2CCOCC2)CCSC1)N1CC(C)(C)C1(C)C. The normalized spacial score (nSPS) is 32.5. The molecule has 3 rings (SSSR count). The van der Waals surface area contributed by atoms with Gasteiger partial charge in [0, 0.05) is 42.9 Å². The second-order valence-corrected chi connectivity index (χ2v) is 9.93. The Balaban J connectivity index is 1.76. The van der Waals surface area contributed by atoms with Crippen LogP contribution in [0.15, 0.2) is 4.99 Å². The number of morpholine rings is 1. The molecule has 3 saturated heterocycles. The molecule has 6 heteroatoms. The topological polar surface area (TPSA) is 40.1 Å². The van der Waals surface area contributed by atoms with Gasteiger partial charge in [-0.05, 0) is 32.9 Å². The first-order valence-corrected chi connectivity index (χ1v) is 10.9. The van der Waals surface area contributed by atoms with Gasteiger partial charge in [-0.15, -0.1) is 0 Å². The number of likely N-dealkylation sites (tertiary alicyclic amines) is 1. The summed E-state index contributed by atoms with van der Waals surface area (Å²) in [5.74, 6) is 3.55. The van der Waals surface area contributed by atoms with Crippen LogP contribution in [0.3, 0.4) is 0 Å². The van der Waals surface area contributed by atoms with E-state index in [0.29, 0.717) is 5.41 Å². The number of guanidine groups is 1. The van der Waals surface area contributed by atoms with Crippen LogP contribution in [0.4, 0.5) is 0 Å². The van der Waals surface area contributed by atoms with Crippen LogP contribution >= 0.6 is 11.8 Å². The largest absolute Gasteiger partial charge is 0.379 e. The highest BCUT2D eigenvalue weighted by Crippen LogP contribution is 2.46. The summed E-state index contributed by atoms with van der Waals surface area (Å²) in [5, 5.41) is 3.55. The van der Waals surface area contributed by atoms with Crippen molar-refractivity contribution in [2.75, 3.05) is 57.4 Å². The quantitative estimate of drug-likeness (QED) is 0.609. The van der Waals surface area contributed by atoms with Crippen molar-refractivity contribution >= 4 is 17.7 Å². The lowest BCUT2D eigenvalue weighted by atomic mass is 9.65. The van der Waals surface area contributed by atoms with Gasteiger partial charge in [-0.25, -0.2) is 0 Å². The summed E-state index contributed by atoms with van der Waals surface area (Å²) in [6.07, 6.45) is 1.25. The number of thioether (sulfide) groups is 1. The second kappa shape index (κ2) is 7.28. The fraction of sp³-hybridized carbons (Fsp3) is 0.947. The van der Waals surface area contributed by atoms with Crippen molar-refractivity contribution in [2.45, 2.75) is 52.1 Å². The molecule has 3 heterocycles. The summed E-state index contributed by atoms with van der Waals surface area (Å²) >= 11 is 2.08. The van der Waals surface area contributed by atoms with Crippen LogP contribution in [0.1, 0.15) is 41.0 Å². The molecular weight excluding hydrogens is 332 g/mol. The van der Waals surface area contributed by atoms with Crippen molar-refractivity contribution in [1.82, 2.24) is 15.1 Å². The molecule has 5 nitrogen and oxygen atoms in total. The van der Waals surface area contributed by atoms with E-state index in [2.05, 4.69) is 61.5 Å². The van der Waals surface area contributed by atoms with E-state index >= 15 is 0 Å². The standard InChI is InChI=1S/C19H36N4OS/c1-6-20-16(23-14-17(2,3)18(23,4)5)21-13-19(7-12-25-15-19)22-8-10-24-11-9-22/h6-15H2,1-5H3,(H,20,21). The number of hydrogen-bond acceptors (Lipinski definition) is 4. The van der Waals surface area contributed by atoms with Crippen LogP contribution in [-0.2, 0) is 4.74 Å². The zero-order valence-electron chi connectivity index (χ0n) is 16.7. The van der Waals surface area contributed by atoms with Crippen molar-refractivity contribution in [3.8, 4) is 0 Å². The summed E-state index contributed by atoms with van der Waals surface area (Å²) < 4.78 is 5.58. The lowest BCUT2D eigenvalue weighted by Crippen LogP contribution is -2.72. The van der Waals surface area contributed by atoms with Crippen molar-refractivity contribution < 1.29 is 4.74 Å². The molecule has 1 N–H and O–H groups in total. The molecule has 3 aliphatic heterocycles. The minimum absolute atomic E-state index is 0.143. The second-order valence-electron chi connectivity index (χ2n) is 8.83. The van der Waals surface area contributed by atoms with E-state index in [9.17, 15) is 0 Å². The molecule has 1 unspecified atom stereocenters. The highest BCUT2D eigenvalue weighted by molar-refractivity contribution is 7.99. The molecule has 1 atom stereocenters. The Hall–Kier alpha value is -0.460. The van der Waals surface area contributed by atoms with Crippen LogP contribution < -0.4 is 5.32 Å². The summed E-state index contributed by atoms with van der Waals surface area (Å²) in [7, 11) is 0. The van der Waals surface area contributed by atoms with Crippen LogP contribution in [0.25, 0.3) is 0 Å². The maximum absolute atomic E-state index is 5.58. The lowest BCUT2D eigenvalue weighted by molar-refractivity contribution is -0.0671. The first-order chi connectivity index (χ1) is 11.8. The fourth-order valence-corrected chi connectivity index (χ4v) is 5.59. The van der Waals surface area contributed by atoms with Crippen molar-refractivity contribution in [2.24, 2.45) is 10.4 Å². The number of ether oxygens (including phenoxy) is 1. The summed E-state index contributed by atoms with van der Waals surface area (Å²) in [5.41, 5.74) is 0.693. The number of nitrogens with zero attached hydrogens (tertiary/aromatic N) is 3. The minimum Gasteiger partial charge on any atom is -0.379 e. The fourth-order valence-electron chi connectivity index (χ4n) is 4.13. The van der Waals surface area contributed by atoms with Crippen LogP contribution in [0, 0.1) is 5.41 Å². The van der Waals surface area contributed by atoms with Crippen LogP contribution in [-0.4, -0.2) is 84.3 Å². The molecule has 144 valence electrons. The molecule has 3 fully saturated rings. The van der Waals surface area contributed by atoms with Gasteiger partial charge in [0.2, 0.25) is 0 Å². The molecule has 0 bridgehead atoms. The number of rotatable bonds is 4. The number of hydrogen-bond donors (Lipinski definition) is 1. The monoisotopic (exact) mass is 368 g/mol. The average Bonchev–Trinajstić information content (AvgIpc) is 3.08. The van der Waals surface area contributed by atoms with Gasteiger partial charge in [0.15, 0.2) is 5.96 Å². The summed E-state index contributed by atoms with van der Waals surface area (Å²) in [4.78, 5) is 10.3. The third-order valence-electron chi connectivity index (χ3n) is 6.76. The van der Waals surface area contributed by atoms with Crippen molar-refractivity contribution in [3.05, 3.63) is 0 Å². The van der Waals surface area contributed by atoms with E-state index < -0.39 is 0 Å². The van der Waals surface area contributed by atoms with Crippen molar-refractivity contribution in [3.63, 3.8) is 0 Å².